The summed E-state index contributed by atoms with van der Waals surface area (Å²) < 4.78 is 0. The lowest BCUT2D eigenvalue weighted by atomic mass is 10.1. The minimum absolute atomic E-state index is 0.399. The van der Waals surface area contributed by atoms with Crippen molar-refractivity contribution >= 4 is 11.8 Å². The van der Waals surface area contributed by atoms with Crippen LogP contribution in [-0.2, 0) is 12.2 Å². The number of phenolic OH excluding ortho intramolecular Hbond substituents is 1. The van der Waals surface area contributed by atoms with Crippen molar-refractivity contribution in [3.05, 3.63) is 29.3 Å². The Morgan fingerprint density at radius 1 is 1.27 bits per heavy atom. The van der Waals surface area contributed by atoms with Crippen LogP contribution in [0.4, 0.5) is 0 Å². The normalized spacial score (nSPS) is 16.0. The molecule has 0 atom stereocenters. The molecule has 1 aliphatic heterocycles. The fourth-order valence-electron chi connectivity index (χ4n) is 1.35. The largest absolute Gasteiger partial charge is 0.508 e. The molecule has 1 nitrogen and oxygen atoms in total. The van der Waals surface area contributed by atoms with Crippen LogP contribution in [0.1, 0.15) is 11.1 Å². The zero-order valence-electron chi connectivity index (χ0n) is 6.21. The van der Waals surface area contributed by atoms with Crippen molar-refractivity contribution < 1.29 is 5.11 Å². The number of thioether (sulfide) groups is 1. The molecule has 0 radical (unpaired) electrons. The summed E-state index contributed by atoms with van der Waals surface area (Å²) in [5, 5.41) is 9.18. The first-order valence-corrected chi connectivity index (χ1v) is 4.90. The molecule has 0 fully saturated rings. The number of fused-ring (bicyclic) bond motifs is 1. The Labute approximate surface area is 70.4 Å². The highest BCUT2D eigenvalue weighted by Crippen LogP contribution is 2.26. The first-order chi connectivity index (χ1) is 5.36. The van der Waals surface area contributed by atoms with Crippen molar-refractivity contribution in [2.24, 2.45) is 0 Å². The molecule has 2 rings (SSSR count). The maximum absolute atomic E-state index is 9.18. The summed E-state index contributed by atoms with van der Waals surface area (Å²) in [4.78, 5) is 0. The molecular formula is C9H10OS. The lowest BCUT2D eigenvalue weighted by Gasteiger charge is -2.14. The lowest BCUT2D eigenvalue weighted by molar-refractivity contribution is 0.474. The van der Waals surface area contributed by atoms with E-state index < -0.39 is 0 Å². The number of hydrogen-bond donors (Lipinski definition) is 1. The first-order valence-electron chi connectivity index (χ1n) is 3.75. The summed E-state index contributed by atoms with van der Waals surface area (Å²) in [6.45, 7) is 0. The second-order valence-corrected chi connectivity index (χ2v) is 3.86. The van der Waals surface area contributed by atoms with Gasteiger partial charge < -0.3 is 5.11 Å². The van der Waals surface area contributed by atoms with Crippen LogP contribution >= 0.6 is 11.8 Å². The number of benzene rings is 1. The number of rotatable bonds is 0. The topological polar surface area (TPSA) is 20.2 Å². The molecule has 1 aliphatic rings. The number of phenols is 1. The zero-order valence-corrected chi connectivity index (χ0v) is 7.03. The van der Waals surface area contributed by atoms with E-state index >= 15 is 0 Å². The maximum Gasteiger partial charge on any atom is 0.115 e. The first kappa shape index (κ1) is 7.04. The van der Waals surface area contributed by atoms with Crippen LogP contribution in [0.3, 0.4) is 0 Å². The Balaban J connectivity index is 2.43. The molecule has 1 aromatic rings. The summed E-state index contributed by atoms with van der Waals surface area (Å²) in [5.74, 6) is 2.70. The summed E-state index contributed by atoms with van der Waals surface area (Å²) in [6, 6.07) is 5.68. The summed E-state index contributed by atoms with van der Waals surface area (Å²) in [6.07, 6.45) is 1.11. The molecule has 0 spiro atoms. The minimum Gasteiger partial charge on any atom is -0.508 e. The molecule has 0 bridgehead atoms. The van der Waals surface area contributed by atoms with E-state index in [-0.39, 0.29) is 0 Å². The van der Waals surface area contributed by atoms with Gasteiger partial charge in [0.2, 0.25) is 0 Å². The molecule has 1 heterocycles. The molecule has 2 heteroatoms. The standard InChI is InChI=1S/C9H10OS/c10-9-2-1-8-6-11-4-3-7(8)5-9/h1-2,5,10H,3-4,6H2. The van der Waals surface area contributed by atoms with Gasteiger partial charge in [-0.05, 0) is 35.4 Å². The predicted molar refractivity (Wildman–Crippen MR) is 48.0 cm³/mol. The predicted octanol–water partition coefficient (Wildman–Crippen LogP) is 2.18. The van der Waals surface area contributed by atoms with Gasteiger partial charge in [-0.2, -0.15) is 11.8 Å². The molecule has 0 aromatic heterocycles. The second-order valence-electron chi connectivity index (χ2n) is 2.76. The molecule has 0 aliphatic carbocycles. The Hall–Kier alpha value is -0.630. The fourth-order valence-corrected chi connectivity index (χ4v) is 2.36. The van der Waals surface area contributed by atoms with E-state index in [1.54, 1.807) is 6.07 Å². The molecule has 1 aromatic carbocycles. The van der Waals surface area contributed by atoms with Crippen LogP contribution in [0.2, 0.25) is 0 Å². The molecule has 11 heavy (non-hydrogen) atoms. The van der Waals surface area contributed by atoms with E-state index in [1.807, 2.05) is 23.9 Å². The van der Waals surface area contributed by atoms with E-state index in [0.29, 0.717) is 5.75 Å². The third-order valence-electron chi connectivity index (χ3n) is 1.96. The lowest BCUT2D eigenvalue weighted by Crippen LogP contribution is -2.00. The summed E-state index contributed by atoms with van der Waals surface area (Å²) in [5.41, 5.74) is 2.71. The fraction of sp³-hybridized carbons (Fsp3) is 0.333. The average molecular weight is 166 g/mol. The van der Waals surface area contributed by atoms with Crippen molar-refractivity contribution in [3.63, 3.8) is 0 Å². The van der Waals surface area contributed by atoms with Crippen LogP contribution in [0.25, 0.3) is 0 Å². The van der Waals surface area contributed by atoms with Gasteiger partial charge in [-0.3, -0.25) is 0 Å². The van der Waals surface area contributed by atoms with Gasteiger partial charge in [-0.1, -0.05) is 6.07 Å². The van der Waals surface area contributed by atoms with E-state index in [0.717, 1.165) is 12.2 Å². The van der Waals surface area contributed by atoms with Crippen molar-refractivity contribution in [3.8, 4) is 5.75 Å². The van der Waals surface area contributed by atoms with Gasteiger partial charge in [0.1, 0.15) is 5.75 Å². The van der Waals surface area contributed by atoms with Crippen molar-refractivity contribution in [1.29, 1.82) is 0 Å². The molecule has 1 N–H and O–H groups in total. The molecule has 58 valence electrons. The van der Waals surface area contributed by atoms with Gasteiger partial charge in [0.15, 0.2) is 0 Å². The molecule has 0 amide bonds. The Morgan fingerprint density at radius 3 is 3.09 bits per heavy atom. The Morgan fingerprint density at radius 2 is 2.18 bits per heavy atom. The van der Waals surface area contributed by atoms with E-state index in [9.17, 15) is 5.11 Å². The van der Waals surface area contributed by atoms with E-state index in [1.165, 1.54) is 16.9 Å². The van der Waals surface area contributed by atoms with Crippen LogP contribution < -0.4 is 0 Å². The highest BCUT2D eigenvalue weighted by molar-refractivity contribution is 7.98. The van der Waals surface area contributed by atoms with Gasteiger partial charge >= 0.3 is 0 Å². The number of hydrogen-bond acceptors (Lipinski definition) is 2. The third-order valence-corrected chi connectivity index (χ3v) is 2.97. The van der Waals surface area contributed by atoms with Crippen LogP contribution in [0, 0.1) is 0 Å². The van der Waals surface area contributed by atoms with Crippen LogP contribution in [0.15, 0.2) is 18.2 Å². The maximum atomic E-state index is 9.18. The smallest absolute Gasteiger partial charge is 0.115 e. The molecule has 0 unspecified atom stereocenters. The monoisotopic (exact) mass is 166 g/mol. The highest BCUT2D eigenvalue weighted by atomic mass is 32.2. The number of aromatic hydroxyl groups is 1. The molecular weight excluding hydrogens is 156 g/mol. The van der Waals surface area contributed by atoms with Gasteiger partial charge in [-0.25, -0.2) is 0 Å². The van der Waals surface area contributed by atoms with Crippen molar-refractivity contribution in [2.75, 3.05) is 5.75 Å². The highest BCUT2D eigenvalue weighted by Gasteiger charge is 2.08. The third kappa shape index (κ3) is 1.36. The van der Waals surface area contributed by atoms with Crippen molar-refractivity contribution in [2.45, 2.75) is 12.2 Å². The van der Waals surface area contributed by atoms with Crippen LogP contribution in [-0.4, -0.2) is 10.9 Å². The summed E-state index contributed by atoms with van der Waals surface area (Å²) in [7, 11) is 0. The van der Waals surface area contributed by atoms with E-state index in [4.69, 9.17) is 0 Å². The van der Waals surface area contributed by atoms with Gasteiger partial charge in [0.25, 0.3) is 0 Å². The zero-order chi connectivity index (χ0) is 7.68. The van der Waals surface area contributed by atoms with Gasteiger partial charge in [0, 0.05) is 5.75 Å². The molecule has 0 saturated carbocycles. The molecule has 0 saturated heterocycles. The van der Waals surface area contributed by atoms with Gasteiger partial charge in [0.05, 0.1) is 0 Å². The quantitative estimate of drug-likeness (QED) is 0.637. The van der Waals surface area contributed by atoms with Crippen LogP contribution in [0.5, 0.6) is 5.75 Å². The van der Waals surface area contributed by atoms with E-state index in [2.05, 4.69) is 0 Å². The SMILES string of the molecule is Oc1ccc2c(c1)CCSC2. The second kappa shape index (κ2) is 2.78. The average Bonchev–Trinajstić information content (AvgIpc) is 2.04. The van der Waals surface area contributed by atoms with Crippen molar-refractivity contribution in [1.82, 2.24) is 0 Å². The summed E-state index contributed by atoms with van der Waals surface area (Å²) >= 11 is 1.96. The van der Waals surface area contributed by atoms with Gasteiger partial charge in [-0.15, -0.1) is 0 Å². The number of aryl methyl sites for hydroxylation is 1. The Bertz CT molecular complexity index is 270. The minimum atomic E-state index is 0.399. The Kier molecular flexibility index (Phi) is 1.78.